The van der Waals surface area contributed by atoms with Crippen molar-refractivity contribution in [3.05, 3.63) is 59.0 Å². The fraction of sp³-hybridized carbons (Fsp3) is 0.267. The summed E-state index contributed by atoms with van der Waals surface area (Å²) in [6.07, 6.45) is 10.1. The minimum Gasteiger partial charge on any atom is -0.308 e. The van der Waals surface area contributed by atoms with Gasteiger partial charge in [0.1, 0.15) is 5.65 Å². The zero-order chi connectivity index (χ0) is 14.7. The topological polar surface area (TPSA) is 55.1 Å². The predicted octanol–water partition coefficient (Wildman–Crippen LogP) is 2.61. The average molecular weight is 346 g/mol. The first-order valence-corrected chi connectivity index (χ1v) is 7.61. The van der Waals surface area contributed by atoms with E-state index < -0.39 is 0 Å². The third kappa shape index (κ3) is 3.65. The molecule has 5 nitrogen and oxygen atoms in total. The number of nitrogens with one attached hydrogen (secondary N) is 1. The van der Waals surface area contributed by atoms with Gasteiger partial charge < -0.3 is 9.72 Å². The molecule has 3 aromatic rings. The highest BCUT2D eigenvalue weighted by Crippen LogP contribution is 2.13. The molecule has 0 saturated heterocycles. The van der Waals surface area contributed by atoms with Crippen LogP contribution < -0.4 is 5.32 Å². The van der Waals surface area contributed by atoms with Crippen LogP contribution in [0.15, 0.2) is 47.6 Å². The number of imidazole rings is 1. The molecule has 3 heterocycles. The summed E-state index contributed by atoms with van der Waals surface area (Å²) in [6, 6.07) is 4.33. The first-order chi connectivity index (χ1) is 10.2. The Kier molecular flexibility index (Phi) is 4.26. The smallest absolute Gasteiger partial charge is 0.138 e. The van der Waals surface area contributed by atoms with Crippen LogP contribution in [-0.4, -0.2) is 25.4 Å². The second-order valence-electron chi connectivity index (χ2n) is 5.03. The molecule has 3 aromatic heterocycles. The number of nitrogens with zero attached hydrogens (tertiary/aromatic N) is 4. The van der Waals surface area contributed by atoms with Crippen LogP contribution in [0.25, 0.3) is 5.65 Å². The minimum absolute atomic E-state index is 0.318. The van der Waals surface area contributed by atoms with Crippen LogP contribution >= 0.6 is 15.9 Å². The van der Waals surface area contributed by atoms with Gasteiger partial charge in [-0.05, 0) is 19.1 Å². The van der Waals surface area contributed by atoms with Crippen LogP contribution in [-0.2, 0) is 13.0 Å². The molecule has 6 heteroatoms. The number of halogens is 1. The Balaban J connectivity index is 1.60. The summed E-state index contributed by atoms with van der Waals surface area (Å²) in [7, 11) is 0. The van der Waals surface area contributed by atoms with Crippen molar-refractivity contribution in [3.63, 3.8) is 0 Å². The van der Waals surface area contributed by atoms with Crippen molar-refractivity contribution in [2.45, 2.75) is 25.9 Å². The first-order valence-electron chi connectivity index (χ1n) is 6.82. The fourth-order valence-corrected chi connectivity index (χ4v) is 2.52. The Labute approximate surface area is 131 Å². The van der Waals surface area contributed by atoms with E-state index in [0.29, 0.717) is 6.04 Å². The van der Waals surface area contributed by atoms with E-state index in [-0.39, 0.29) is 0 Å². The van der Waals surface area contributed by atoms with E-state index in [0.717, 1.165) is 34.5 Å². The highest BCUT2D eigenvalue weighted by Gasteiger charge is 2.06. The van der Waals surface area contributed by atoms with Gasteiger partial charge in [0.15, 0.2) is 0 Å². The van der Waals surface area contributed by atoms with Gasteiger partial charge in [0.2, 0.25) is 0 Å². The van der Waals surface area contributed by atoms with Crippen molar-refractivity contribution in [1.29, 1.82) is 0 Å². The number of aromatic nitrogens is 4. The van der Waals surface area contributed by atoms with Gasteiger partial charge in [0.25, 0.3) is 0 Å². The molecule has 21 heavy (non-hydrogen) atoms. The summed E-state index contributed by atoms with van der Waals surface area (Å²) >= 11 is 3.46. The molecule has 0 spiro atoms. The summed E-state index contributed by atoms with van der Waals surface area (Å²) in [5, 5.41) is 3.47. The van der Waals surface area contributed by atoms with Crippen molar-refractivity contribution in [3.8, 4) is 0 Å². The van der Waals surface area contributed by atoms with Gasteiger partial charge in [-0.15, -0.1) is 0 Å². The number of hydrogen-bond acceptors (Lipinski definition) is 4. The Morgan fingerprint density at radius 3 is 3.05 bits per heavy atom. The second-order valence-corrected chi connectivity index (χ2v) is 5.94. The van der Waals surface area contributed by atoms with Crippen molar-refractivity contribution in [1.82, 2.24) is 24.7 Å². The molecule has 1 N–H and O–H groups in total. The molecule has 1 atom stereocenters. The molecule has 108 valence electrons. The van der Waals surface area contributed by atoms with Crippen molar-refractivity contribution in [2.75, 3.05) is 0 Å². The van der Waals surface area contributed by atoms with Crippen molar-refractivity contribution in [2.24, 2.45) is 0 Å². The van der Waals surface area contributed by atoms with E-state index >= 15 is 0 Å². The first kappa shape index (κ1) is 14.2. The summed E-state index contributed by atoms with van der Waals surface area (Å²) in [4.78, 5) is 13.0. The quantitative estimate of drug-likeness (QED) is 0.772. The molecule has 3 rings (SSSR count). The van der Waals surface area contributed by atoms with Gasteiger partial charge in [-0.1, -0.05) is 15.9 Å². The number of hydrogen-bond donors (Lipinski definition) is 1. The normalized spacial score (nSPS) is 12.7. The monoisotopic (exact) mass is 345 g/mol. The lowest BCUT2D eigenvalue weighted by Gasteiger charge is -2.11. The molecular weight excluding hydrogens is 330 g/mol. The lowest BCUT2D eigenvalue weighted by atomic mass is 10.2. The molecule has 1 unspecified atom stereocenters. The lowest BCUT2D eigenvalue weighted by Crippen LogP contribution is -2.28. The molecule has 0 fully saturated rings. The van der Waals surface area contributed by atoms with E-state index in [4.69, 9.17) is 0 Å². The fourth-order valence-electron chi connectivity index (χ4n) is 2.19. The van der Waals surface area contributed by atoms with Crippen molar-refractivity contribution >= 4 is 21.6 Å². The summed E-state index contributed by atoms with van der Waals surface area (Å²) in [5.74, 6) is 0. The molecule has 0 bridgehead atoms. The Hall–Kier alpha value is -1.79. The van der Waals surface area contributed by atoms with Gasteiger partial charge in [-0.25, -0.2) is 4.98 Å². The molecule has 0 aliphatic heterocycles. The molecule has 0 aliphatic carbocycles. The van der Waals surface area contributed by atoms with E-state index in [1.165, 1.54) is 0 Å². The maximum absolute atomic E-state index is 4.60. The van der Waals surface area contributed by atoms with Crippen LogP contribution in [0.5, 0.6) is 0 Å². The van der Waals surface area contributed by atoms with Gasteiger partial charge in [-0.2, -0.15) is 0 Å². The van der Waals surface area contributed by atoms with Gasteiger partial charge in [0.05, 0.1) is 11.4 Å². The third-order valence-electron chi connectivity index (χ3n) is 3.24. The largest absolute Gasteiger partial charge is 0.308 e. The Morgan fingerprint density at radius 1 is 1.33 bits per heavy atom. The Morgan fingerprint density at radius 2 is 2.24 bits per heavy atom. The van der Waals surface area contributed by atoms with E-state index in [1.807, 2.05) is 28.9 Å². The SMILES string of the molecule is CC(Cc1cnccn1)NCc1cn2ccc(Br)cc2n1. The van der Waals surface area contributed by atoms with Crippen LogP contribution in [0.2, 0.25) is 0 Å². The predicted molar refractivity (Wildman–Crippen MR) is 84.9 cm³/mol. The third-order valence-corrected chi connectivity index (χ3v) is 3.73. The summed E-state index contributed by atoms with van der Waals surface area (Å²) in [5.41, 5.74) is 2.97. The highest BCUT2D eigenvalue weighted by molar-refractivity contribution is 9.10. The molecule has 0 saturated carbocycles. The van der Waals surface area contributed by atoms with Crippen LogP contribution in [0.3, 0.4) is 0 Å². The zero-order valence-corrected chi connectivity index (χ0v) is 13.3. The van der Waals surface area contributed by atoms with Crippen LogP contribution in [0, 0.1) is 0 Å². The molecular formula is C15H16BrN5. The molecule has 0 aromatic carbocycles. The second kappa shape index (κ2) is 6.32. The zero-order valence-electron chi connectivity index (χ0n) is 11.7. The molecule has 0 aliphatic rings. The summed E-state index contributed by atoms with van der Waals surface area (Å²) in [6.45, 7) is 2.88. The number of rotatable bonds is 5. The highest BCUT2D eigenvalue weighted by atomic mass is 79.9. The maximum Gasteiger partial charge on any atom is 0.138 e. The van der Waals surface area contributed by atoms with Crippen LogP contribution in [0.1, 0.15) is 18.3 Å². The molecule has 0 amide bonds. The van der Waals surface area contributed by atoms with Crippen LogP contribution in [0.4, 0.5) is 0 Å². The molecule has 0 radical (unpaired) electrons. The van der Waals surface area contributed by atoms with Gasteiger partial charge in [0, 0.05) is 54.5 Å². The van der Waals surface area contributed by atoms with E-state index in [1.54, 1.807) is 18.6 Å². The number of fused-ring (bicyclic) bond motifs is 1. The lowest BCUT2D eigenvalue weighted by molar-refractivity contribution is 0.535. The number of pyridine rings is 1. The average Bonchev–Trinajstić information content (AvgIpc) is 2.88. The minimum atomic E-state index is 0.318. The maximum atomic E-state index is 4.60. The standard InChI is InChI=1S/C15H16BrN5/c1-11(6-13-8-17-3-4-18-13)19-9-14-10-21-5-2-12(16)7-15(21)20-14/h2-5,7-8,10-11,19H,6,9H2,1H3. The van der Waals surface area contributed by atoms with Gasteiger partial charge in [-0.3, -0.25) is 9.97 Å². The summed E-state index contributed by atoms with van der Waals surface area (Å²) < 4.78 is 3.06. The van der Waals surface area contributed by atoms with Gasteiger partial charge >= 0.3 is 0 Å². The van der Waals surface area contributed by atoms with E-state index in [9.17, 15) is 0 Å². The van der Waals surface area contributed by atoms with E-state index in [2.05, 4.69) is 43.1 Å². The Bertz CT molecular complexity index is 725. The van der Waals surface area contributed by atoms with Crippen molar-refractivity contribution < 1.29 is 0 Å².